The maximum atomic E-state index is 7.90. The van der Waals surface area contributed by atoms with Crippen LogP contribution in [0.5, 0.6) is 0 Å². The minimum absolute atomic E-state index is 0.399. The van der Waals surface area contributed by atoms with Gasteiger partial charge in [0.1, 0.15) is 0 Å². The summed E-state index contributed by atoms with van der Waals surface area (Å²) in [5, 5.41) is 18.9. The highest BCUT2D eigenvalue weighted by molar-refractivity contribution is 6.08. The largest absolute Gasteiger partial charge is 0.398 e. The van der Waals surface area contributed by atoms with Crippen LogP contribution in [0.15, 0.2) is 42.5 Å². The molecule has 2 aromatic carbocycles. The van der Waals surface area contributed by atoms with Crippen molar-refractivity contribution in [1.29, 1.82) is 10.8 Å². The zero-order valence-electron chi connectivity index (χ0n) is 11.6. The maximum absolute atomic E-state index is 7.90. The minimum atomic E-state index is 0.399. The van der Waals surface area contributed by atoms with Crippen molar-refractivity contribution in [1.82, 2.24) is 0 Å². The molecule has 102 valence electrons. The number of nitrogens with one attached hydrogen (secondary N) is 3. The lowest BCUT2D eigenvalue weighted by molar-refractivity contribution is 1.41. The Hall–Kier alpha value is -2.62. The van der Waals surface area contributed by atoms with E-state index in [0.717, 1.165) is 16.9 Å². The third-order valence-electron chi connectivity index (χ3n) is 3.05. The molecule has 0 heterocycles. The Kier molecular flexibility index (Phi) is 3.84. The van der Waals surface area contributed by atoms with Gasteiger partial charge in [-0.15, -0.1) is 0 Å². The van der Waals surface area contributed by atoms with Crippen LogP contribution in [-0.4, -0.2) is 11.4 Å². The summed E-state index contributed by atoms with van der Waals surface area (Å²) in [5.74, 6) is 0. The normalized spacial score (nSPS) is 10.1. The van der Waals surface area contributed by atoms with E-state index in [2.05, 4.69) is 5.32 Å². The molecular formula is C16H18N4. The van der Waals surface area contributed by atoms with Crippen molar-refractivity contribution in [2.45, 2.75) is 13.8 Å². The van der Waals surface area contributed by atoms with E-state index in [1.165, 1.54) is 0 Å². The molecule has 0 amide bonds. The Bertz CT molecular complexity index is 660. The standard InChI is InChI=1S/C16H18N4/c1-10(17)13-8-14(11(2)18)16(9-15(13)19)20-12-6-4-3-5-7-12/h3-9,17-18,20H,19H2,1-2H3. The van der Waals surface area contributed by atoms with E-state index in [0.29, 0.717) is 22.7 Å². The number of anilines is 3. The Morgan fingerprint density at radius 3 is 2.10 bits per heavy atom. The van der Waals surface area contributed by atoms with Crippen LogP contribution in [0, 0.1) is 10.8 Å². The molecule has 2 rings (SSSR count). The molecule has 2 aromatic rings. The molecule has 0 aliphatic rings. The van der Waals surface area contributed by atoms with Crippen LogP contribution in [-0.2, 0) is 0 Å². The average molecular weight is 266 g/mol. The second-order valence-electron chi connectivity index (χ2n) is 4.73. The highest BCUT2D eigenvalue weighted by Crippen LogP contribution is 2.27. The van der Waals surface area contributed by atoms with E-state index in [1.54, 1.807) is 26.0 Å². The van der Waals surface area contributed by atoms with Crippen LogP contribution in [0.1, 0.15) is 25.0 Å². The van der Waals surface area contributed by atoms with Crippen molar-refractivity contribution < 1.29 is 0 Å². The lowest BCUT2D eigenvalue weighted by atomic mass is 10.0. The number of hydrogen-bond acceptors (Lipinski definition) is 4. The highest BCUT2D eigenvalue weighted by Gasteiger charge is 2.11. The van der Waals surface area contributed by atoms with E-state index in [4.69, 9.17) is 16.6 Å². The quantitative estimate of drug-likeness (QED) is 0.501. The summed E-state index contributed by atoms with van der Waals surface area (Å²) in [6.45, 7) is 3.42. The fraction of sp³-hybridized carbons (Fsp3) is 0.125. The van der Waals surface area contributed by atoms with Crippen LogP contribution >= 0.6 is 0 Å². The van der Waals surface area contributed by atoms with Gasteiger partial charge in [0.2, 0.25) is 0 Å². The molecule has 0 aliphatic heterocycles. The van der Waals surface area contributed by atoms with Crippen LogP contribution in [0.4, 0.5) is 17.1 Å². The van der Waals surface area contributed by atoms with Gasteiger partial charge in [-0.2, -0.15) is 0 Å². The van der Waals surface area contributed by atoms with Crippen molar-refractivity contribution in [3.63, 3.8) is 0 Å². The molecule has 0 atom stereocenters. The Morgan fingerprint density at radius 2 is 1.55 bits per heavy atom. The van der Waals surface area contributed by atoms with Gasteiger partial charge < -0.3 is 21.9 Å². The zero-order valence-corrected chi connectivity index (χ0v) is 11.6. The van der Waals surface area contributed by atoms with E-state index in [9.17, 15) is 0 Å². The first-order chi connectivity index (χ1) is 9.49. The van der Waals surface area contributed by atoms with Crippen LogP contribution in [0.25, 0.3) is 0 Å². The van der Waals surface area contributed by atoms with Crippen LogP contribution in [0.2, 0.25) is 0 Å². The molecule has 0 bridgehead atoms. The van der Waals surface area contributed by atoms with Gasteiger partial charge >= 0.3 is 0 Å². The van der Waals surface area contributed by atoms with Crippen molar-refractivity contribution in [3.8, 4) is 0 Å². The van der Waals surface area contributed by atoms with E-state index < -0.39 is 0 Å². The SMILES string of the molecule is CC(=N)c1cc(C(C)=N)c(Nc2ccccc2)cc1N. The predicted octanol–water partition coefficient (Wildman–Crippen LogP) is 3.79. The predicted molar refractivity (Wildman–Crippen MR) is 85.6 cm³/mol. The van der Waals surface area contributed by atoms with Crippen LogP contribution in [0.3, 0.4) is 0 Å². The third kappa shape index (κ3) is 2.85. The van der Waals surface area contributed by atoms with Gasteiger partial charge in [-0.05, 0) is 38.1 Å². The molecule has 4 heteroatoms. The molecule has 0 saturated carbocycles. The lowest BCUT2D eigenvalue weighted by Gasteiger charge is -2.15. The summed E-state index contributed by atoms with van der Waals surface area (Å²) < 4.78 is 0. The number of para-hydroxylation sites is 1. The summed E-state index contributed by atoms with van der Waals surface area (Å²) >= 11 is 0. The summed E-state index contributed by atoms with van der Waals surface area (Å²) in [6, 6.07) is 13.3. The summed E-state index contributed by atoms with van der Waals surface area (Å²) in [5.41, 5.74) is 10.5. The fourth-order valence-corrected chi connectivity index (χ4v) is 2.03. The lowest BCUT2D eigenvalue weighted by Crippen LogP contribution is -2.07. The first kappa shape index (κ1) is 13.8. The average Bonchev–Trinajstić information content (AvgIpc) is 2.39. The van der Waals surface area contributed by atoms with Crippen molar-refractivity contribution in [2.24, 2.45) is 0 Å². The molecule has 0 unspecified atom stereocenters. The topological polar surface area (TPSA) is 85.8 Å². The van der Waals surface area contributed by atoms with Gasteiger partial charge in [-0.25, -0.2) is 0 Å². The van der Waals surface area contributed by atoms with Crippen molar-refractivity contribution >= 4 is 28.5 Å². The molecule has 0 radical (unpaired) electrons. The molecule has 0 aromatic heterocycles. The number of nitrogens with two attached hydrogens (primary N) is 1. The smallest absolute Gasteiger partial charge is 0.0497 e. The maximum Gasteiger partial charge on any atom is 0.0497 e. The Balaban J connectivity index is 2.49. The van der Waals surface area contributed by atoms with Gasteiger partial charge in [0, 0.05) is 39.6 Å². The second-order valence-corrected chi connectivity index (χ2v) is 4.73. The summed E-state index contributed by atoms with van der Waals surface area (Å²) in [7, 11) is 0. The molecule has 0 spiro atoms. The van der Waals surface area contributed by atoms with Gasteiger partial charge in [0.05, 0.1) is 0 Å². The van der Waals surface area contributed by atoms with Gasteiger partial charge in [-0.1, -0.05) is 18.2 Å². The monoisotopic (exact) mass is 266 g/mol. The van der Waals surface area contributed by atoms with E-state index in [-0.39, 0.29) is 0 Å². The molecule has 0 fully saturated rings. The number of rotatable bonds is 4. The molecule has 20 heavy (non-hydrogen) atoms. The van der Waals surface area contributed by atoms with Crippen molar-refractivity contribution in [3.05, 3.63) is 53.6 Å². The third-order valence-corrected chi connectivity index (χ3v) is 3.05. The highest BCUT2D eigenvalue weighted by atomic mass is 14.9. The number of nitrogen functional groups attached to an aromatic ring is 1. The number of benzene rings is 2. The molecule has 0 aliphatic carbocycles. The Labute approximate surface area is 118 Å². The van der Waals surface area contributed by atoms with Gasteiger partial charge in [0.25, 0.3) is 0 Å². The van der Waals surface area contributed by atoms with Gasteiger partial charge in [-0.3, -0.25) is 0 Å². The fourth-order valence-electron chi connectivity index (χ4n) is 2.03. The first-order valence-corrected chi connectivity index (χ1v) is 6.35. The molecule has 0 saturated heterocycles. The van der Waals surface area contributed by atoms with E-state index in [1.807, 2.05) is 30.3 Å². The zero-order chi connectivity index (χ0) is 14.7. The minimum Gasteiger partial charge on any atom is -0.398 e. The van der Waals surface area contributed by atoms with E-state index >= 15 is 0 Å². The molecule has 4 nitrogen and oxygen atoms in total. The molecule has 5 N–H and O–H groups in total. The van der Waals surface area contributed by atoms with Crippen molar-refractivity contribution in [2.75, 3.05) is 11.1 Å². The van der Waals surface area contributed by atoms with Gasteiger partial charge in [0.15, 0.2) is 0 Å². The molecular weight excluding hydrogens is 248 g/mol. The number of hydrogen-bond donors (Lipinski definition) is 4. The summed E-state index contributed by atoms with van der Waals surface area (Å²) in [4.78, 5) is 0. The Morgan fingerprint density at radius 1 is 0.950 bits per heavy atom. The summed E-state index contributed by atoms with van der Waals surface area (Å²) in [6.07, 6.45) is 0. The van der Waals surface area contributed by atoms with Crippen LogP contribution < -0.4 is 11.1 Å². The first-order valence-electron chi connectivity index (χ1n) is 6.35. The second kappa shape index (κ2) is 5.57.